The van der Waals surface area contributed by atoms with Gasteiger partial charge < -0.3 is 10.1 Å². The average molecular weight is 319 g/mol. The number of nitrogens with one attached hydrogen (secondary N) is 1. The number of ether oxygens (including phenoxy) is 1. The SMILES string of the molecule is COc1cc(Cl)cc(CC2CCCNC2)c1Br. The summed E-state index contributed by atoms with van der Waals surface area (Å²) in [6, 6.07) is 3.87. The van der Waals surface area contributed by atoms with E-state index in [1.54, 1.807) is 7.11 Å². The van der Waals surface area contributed by atoms with E-state index < -0.39 is 0 Å². The molecule has 0 amide bonds. The molecule has 0 saturated carbocycles. The largest absolute Gasteiger partial charge is 0.496 e. The Balaban J connectivity index is 2.16. The van der Waals surface area contributed by atoms with E-state index in [1.807, 2.05) is 12.1 Å². The van der Waals surface area contributed by atoms with Crippen molar-refractivity contribution >= 4 is 27.5 Å². The molecule has 94 valence electrons. The second-order valence-corrected chi connectivity index (χ2v) is 5.73. The van der Waals surface area contributed by atoms with Crippen LogP contribution in [0.3, 0.4) is 0 Å². The Morgan fingerprint density at radius 2 is 2.35 bits per heavy atom. The Labute approximate surface area is 116 Å². The third-order valence-electron chi connectivity index (χ3n) is 3.21. The molecule has 1 atom stereocenters. The summed E-state index contributed by atoms with van der Waals surface area (Å²) in [6.07, 6.45) is 3.60. The van der Waals surface area contributed by atoms with E-state index in [1.165, 1.54) is 18.4 Å². The van der Waals surface area contributed by atoms with Crippen molar-refractivity contribution in [1.29, 1.82) is 0 Å². The second kappa shape index (κ2) is 6.07. The van der Waals surface area contributed by atoms with Crippen LogP contribution in [0, 0.1) is 5.92 Å². The van der Waals surface area contributed by atoms with Crippen LogP contribution in [0.1, 0.15) is 18.4 Å². The lowest BCUT2D eigenvalue weighted by Gasteiger charge is -2.23. The van der Waals surface area contributed by atoms with Crippen molar-refractivity contribution in [2.24, 2.45) is 5.92 Å². The van der Waals surface area contributed by atoms with Crippen molar-refractivity contribution in [3.8, 4) is 5.75 Å². The lowest BCUT2D eigenvalue weighted by molar-refractivity contribution is 0.374. The van der Waals surface area contributed by atoms with Gasteiger partial charge in [0.2, 0.25) is 0 Å². The number of piperidine rings is 1. The molecule has 2 rings (SSSR count). The van der Waals surface area contributed by atoms with Gasteiger partial charge in [-0.05, 0) is 71.9 Å². The van der Waals surface area contributed by atoms with Gasteiger partial charge in [-0.3, -0.25) is 0 Å². The fourth-order valence-corrected chi connectivity index (χ4v) is 3.11. The van der Waals surface area contributed by atoms with Crippen molar-refractivity contribution < 1.29 is 4.74 Å². The maximum Gasteiger partial charge on any atom is 0.134 e. The van der Waals surface area contributed by atoms with Crippen LogP contribution in [0.25, 0.3) is 0 Å². The van der Waals surface area contributed by atoms with Gasteiger partial charge in [-0.1, -0.05) is 11.6 Å². The number of rotatable bonds is 3. The van der Waals surface area contributed by atoms with Crippen LogP contribution in [-0.4, -0.2) is 20.2 Å². The minimum atomic E-state index is 0.697. The summed E-state index contributed by atoms with van der Waals surface area (Å²) in [4.78, 5) is 0. The van der Waals surface area contributed by atoms with Crippen molar-refractivity contribution in [2.45, 2.75) is 19.3 Å². The van der Waals surface area contributed by atoms with Crippen LogP contribution in [0.15, 0.2) is 16.6 Å². The van der Waals surface area contributed by atoms with Gasteiger partial charge in [0.25, 0.3) is 0 Å². The standard InChI is InChI=1S/C13H17BrClNO/c1-17-12-7-11(15)6-10(13(12)14)5-9-3-2-4-16-8-9/h6-7,9,16H,2-5,8H2,1H3. The molecule has 0 radical (unpaired) electrons. The molecular formula is C13H17BrClNO. The monoisotopic (exact) mass is 317 g/mol. The molecule has 1 aromatic carbocycles. The van der Waals surface area contributed by atoms with E-state index >= 15 is 0 Å². The van der Waals surface area contributed by atoms with E-state index in [2.05, 4.69) is 21.2 Å². The lowest BCUT2D eigenvalue weighted by atomic mass is 9.92. The Hall–Kier alpha value is -0.250. The summed E-state index contributed by atoms with van der Waals surface area (Å²) in [5, 5.41) is 4.18. The summed E-state index contributed by atoms with van der Waals surface area (Å²) < 4.78 is 6.35. The van der Waals surface area contributed by atoms with Gasteiger partial charge in [0, 0.05) is 5.02 Å². The molecule has 17 heavy (non-hydrogen) atoms. The Morgan fingerprint density at radius 1 is 1.53 bits per heavy atom. The van der Waals surface area contributed by atoms with Crippen molar-refractivity contribution in [2.75, 3.05) is 20.2 Å². The summed E-state index contributed by atoms with van der Waals surface area (Å²) >= 11 is 9.70. The van der Waals surface area contributed by atoms with E-state index in [9.17, 15) is 0 Å². The summed E-state index contributed by atoms with van der Waals surface area (Å²) in [5.74, 6) is 1.51. The topological polar surface area (TPSA) is 21.3 Å². The van der Waals surface area contributed by atoms with Gasteiger partial charge in [-0.2, -0.15) is 0 Å². The zero-order valence-electron chi connectivity index (χ0n) is 9.93. The van der Waals surface area contributed by atoms with Gasteiger partial charge in [0.1, 0.15) is 5.75 Å². The first-order valence-electron chi connectivity index (χ1n) is 5.93. The first-order valence-corrected chi connectivity index (χ1v) is 7.10. The summed E-state index contributed by atoms with van der Waals surface area (Å²) in [7, 11) is 1.67. The highest BCUT2D eigenvalue weighted by molar-refractivity contribution is 9.10. The van der Waals surface area contributed by atoms with Crippen LogP contribution in [0.2, 0.25) is 5.02 Å². The first-order chi connectivity index (χ1) is 8.20. The third kappa shape index (κ3) is 3.36. The van der Waals surface area contributed by atoms with E-state index in [-0.39, 0.29) is 0 Å². The van der Waals surface area contributed by atoms with Crippen molar-refractivity contribution in [1.82, 2.24) is 5.32 Å². The molecule has 1 N–H and O–H groups in total. The molecule has 1 aromatic rings. The summed E-state index contributed by atoms with van der Waals surface area (Å²) in [6.45, 7) is 2.25. The molecule has 2 nitrogen and oxygen atoms in total. The molecule has 1 fully saturated rings. The minimum absolute atomic E-state index is 0.697. The summed E-state index contributed by atoms with van der Waals surface area (Å²) in [5.41, 5.74) is 1.24. The van der Waals surface area contributed by atoms with Crippen LogP contribution >= 0.6 is 27.5 Å². The van der Waals surface area contributed by atoms with Gasteiger partial charge in [-0.25, -0.2) is 0 Å². The van der Waals surface area contributed by atoms with Gasteiger partial charge >= 0.3 is 0 Å². The molecule has 1 heterocycles. The highest BCUT2D eigenvalue weighted by Gasteiger charge is 2.17. The fraction of sp³-hybridized carbons (Fsp3) is 0.538. The third-order valence-corrected chi connectivity index (χ3v) is 4.33. The quantitative estimate of drug-likeness (QED) is 0.918. The maximum atomic E-state index is 6.10. The van der Waals surface area contributed by atoms with E-state index in [0.29, 0.717) is 5.92 Å². The molecule has 1 aliphatic rings. The highest BCUT2D eigenvalue weighted by Crippen LogP contribution is 2.34. The van der Waals surface area contributed by atoms with E-state index in [0.717, 1.165) is 34.8 Å². The smallest absolute Gasteiger partial charge is 0.134 e. The van der Waals surface area contributed by atoms with Crippen LogP contribution in [0.5, 0.6) is 5.75 Å². The molecule has 1 aliphatic heterocycles. The zero-order valence-corrected chi connectivity index (χ0v) is 12.3. The molecule has 4 heteroatoms. The molecule has 1 saturated heterocycles. The molecule has 0 aliphatic carbocycles. The van der Waals surface area contributed by atoms with Gasteiger partial charge in [-0.15, -0.1) is 0 Å². The van der Waals surface area contributed by atoms with E-state index in [4.69, 9.17) is 16.3 Å². The first kappa shape index (κ1) is 13.2. The molecule has 1 unspecified atom stereocenters. The van der Waals surface area contributed by atoms with Crippen LogP contribution in [0.4, 0.5) is 0 Å². The molecule has 0 aromatic heterocycles. The van der Waals surface area contributed by atoms with Crippen molar-refractivity contribution in [3.63, 3.8) is 0 Å². The van der Waals surface area contributed by atoms with Gasteiger partial charge in [0.05, 0.1) is 11.6 Å². The predicted molar refractivity (Wildman–Crippen MR) is 75.0 cm³/mol. The van der Waals surface area contributed by atoms with Crippen molar-refractivity contribution in [3.05, 3.63) is 27.2 Å². The second-order valence-electron chi connectivity index (χ2n) is 4.50. The van der Waals surface area contributed by atoms with Gasteiger partial charge in [0.15, 0.2) is 0 Å². The Bertz CT molecular complexity index is 391. The molecule has 0 spiro atoms. The molecule has 0 bridgehead atoms. The number of hydrogen-bond acceptors (Lipinski definition) is 2. The van der Waals surface area contributed by atoms with Crippen LogP contribution < -0.4 is 10.1 Å². The van der Waals surface area contributed by atoms with Crippen LogP contribution in [-0.2, 0) is 6.42 Å². The fourth-order valence-electron chi connectivity index (χ4n) is 2.32. The Kier molecular flexibility index (Phi) is 4.71. The zero-order chi connectivity index (χ0) is 12.3. The highest BCUT2D eigenvalue weighted by atomic mass is 79.9. The number of hydrogen-bond donors (Lipinski definition) is 1. The molecular weight excluding hydrogens is 302 g/mol. The number of benzene rings is 1. The predicted octanol–water partition coefficient (Wildman–Crippen LogP) is 3.65. The Morgan fingerprint density at radius 3 is 3.00 bits per heavy atom. The number of methoxy groups -OCH3 is 1. The lowest BCUT2D eigenvalue weighted by Crippen LogP contribution is -2.30. The maximum absolute atomic E-state index is 6.10. The average Bonchev–Trinajstić information content (AvgIpc) is 2.34. The number of halogens is 2. The minimum Gasteiger partial charge on any atom is -0.496 e. The normalized spacial score (nSPS) is 20.3.